The third kappa shape index (κ3) is 3.50. The van der Waals surface area contributed by atoms with E-state index in [2.05, 4.69) is 14.5 Å². The van der Waals surface area contributed by atoms with E-state index in [4.69, 9.17) is 0 Å². The molecular formula is C17H22FN3. The molecule has 1 aliphatic rings. The Morgan fingerprint density at radius 1 is 1.24 bits per heavy atom. The number of nitrogens with zero attached hydrogens (tertiary/aromatic N) is 3. The average Bonchev–Trinajstić information content (AvgIpc) is 2.89. The topological polar surface area (TPSA) is 21.1 Å². The van der Waals surface area contributed by atoms with E-state index in [9.17, 15) is 4.39 Å². The molecule has 1 aromatic carbocycles. The van der Waals surface area contributed by atoms with Crippen LogP contribution >= 0.6 is 0 Å². The number of rotatable bonds is 4. The highest BCUT2D eigenvalue weighted by molar-refractivity contribution is 5.18. The molecule has 1 fully saturated rings. The van der Waals surface area contributed by atoms with Crippen molar-refractivity contribution in [1.29, 1.82) is 0 Å². The molecule has 1 aromatic heterocycles. The van der Waals surface area contributed by atoms with Crippen LogP contribution in [0, 0.1) is 11.7 Å². The molecule has 1 aliphatic heterocycles. The van der Waals surface area contributed by atoms with Gasteiger partial charge in [-0.25, -0.2) is 9.37 Å². The van der Waals surface area contributed by atoms with E-state index < -0.39 is 0 Å². The quantitative estimate of drug-likeness (QED) is 0.862. The first-order valence-corrected chi connectivity index (χ1v) is 7.64. The molecule has 0 amide bonds. The van der Waals surface area contributed by atoms with Gasteiger partial charge in [-0.1, -0.05) is 18.2 Å². The van der Waals surface area contributed by atoms with E-state index in [0.717, 1.165) is 50.3 Å². The minimum absolute atomic E-state index is 0.0621. The van der Waals surface area contributed by atoms with E-state index >= 15 is 0 Å². The number of likely N-dealkylation sites (tertiary alicyclic amines) is 1. The smallest absolute Gasteiger partial charge is 0.126 e. The van der Waals surface area contributed by atoms with E-state index in [0.29, 0.717) is 5.92 Å². The number of aryl methyl sites for hydroxylation is 1. The van der Waals surface area contributed by atoms with Gasteiger partial charge in [0.25, 0.3) is 0 Å². The van der Waals surface area contributed by atoms with E-state index in [-0.39, 0.29) is 5.82 Å². The minimum atomic E-state index is -0.0621. The summed E-state index contributed by atoms with van der Waals surface area (Å²) < 4.78 is 15.8. The lowest BCUT2D eigenvalue weighted by molar-refractivity contribution is 0.171. The standard InChI is InChI=1S/C17H22FN3/c1-20-11-8-19-17(20)13-21-9-6-14(7-10-21)12-15-4-2-3-5-16(15)18/h2-5,8,11,14H,6-7,9-10,12-13H2,1H3. The minimum Gasteiger partial charge on any atom is -0.337 e. The van der Waals surface area contributed by atoms with Gasteiger partial charge in [0.1, 0.15) is 11.6 Å². The van der Waals surface area contributed by atoms with Gasteiger partial charge in [-0.3, -0.25) is 4.90 Å². The summed E-state index contributed by atoms with van der Waals surface area (Å²) in [5, 5.41) is 0. The third-order valence-corrected chi connectivity index (χ3v) is 4.46. The lowest BCUT2D eigenvalue weighted by atomic mass is 9.90. The first-order chi connectivity index (χ1) is 10.2. The molecule has 3 nitrogen and oxygen atoms in total. The van der Waals surface area contributed by atoms with Crippen molar-refractivity contribution in [2.45, 2.75) is 25.8 Å². The maximum absolute atomic E-state index is 13.7. The summed E-state index contributed by atoms with van der Waals surface area (Å²) >= 11 is 0. The number of benzene rings is 1. The largest absolute Gasteiger partial charge is 0.337 e. The van der Waals surface area contributed by atoms with Crippen molar-refractivity contribution in [1.82, 2.24) is 14.5 Å². The van der Waals surface area contributed by atoms with Crippen molar-refractivity contribution in [3.05, 3.63) is 53.9 Å². The zero-order valence-electron chi connectivity index (χ0n) is 12.5. The van der Waals surface area contributed by atoms with Crippen molar-refractivity contribution in [2.75, 3.05) is 13.1 Å². The van der Waals surface area contributed by atoms with Gasteiger partial charge in [0, 0.05) is 19.4 Å². The predicted molar refractivity (Wildman–Crippen MR) is 81.3 cm³/mol. The van der Waals surface area contributed by atoms with Crippen LogP contribution in [0.1, 0.15) is 24.2 Å². The summed E-state index contributed by atoms with van der Waals surface area (Å²) in [4.78, 5) is 6.82. The molecule has 4 heteroatoms. The van der Waals surface area contributed by atoms with E-state index in [1.165, 1.54) is 0 Å². The molecule has 21 heavy (non-hydrogen) atoms. The van der Waals surface area contributed by atoms with Crippen LogP contribution in [0.2, 0.25) is 0 Å². The molecule has 0 bridgehead atoms. The van der Waals surface area contributed by atoms with Crippen LogP contribution in [-0.4, -0.2) is 27.5 Å². The van der Waals surface area contributed by atoms with Gasteiger partial charge in [0.05, 0.1) is 6.54 Å². The molecular weight excluding hydrogens is 265 g/mol. The zero-order chi connectivity index (χ0) is 14.7. The Balaban J connectivity index is 1.51. The Labute approximate surface area is 125 Å². The molecule has 3 rings (SSSR count). The van der Waals surface area contributed by atoms with Crippen molar-refractivity contribution in [3.63, 3.8) is 0 Å². The highest BCUT2D eigenvalue weighted by atomic mass is 19.1. The lowest BCUT2D eigenvalue weighted by Gasteiger charge is -2.31. The van der Waals surface area contributed by atoms with Crippen LogP contribution < -0.4 is 0 Å². The second-order valence-electron chi connectivity index (χ2n) is 5.97. The fraction of sp³-hybridized carbons (Fsp3) is 0.471. The zero-order valence-corrected chi connectivity index (χ0v) is 12.5. The number of hydrogen-bond acceptors (Lipinski definition) is 2. The number of halogens is 1. The van der Waals surface area contributed by atoms with Crippen LogP contribution in [0.4, 0.5) is 4.39 Å². The molecule has 1 saturated heterocycles. The van der Waals surface area contributed by atoms with Gasteiger partial charge >= 0.3 is 0 Å². The summed E-state index contributed by atoms with van der Waals surface area (Å²) in [7, 11) is 2.03. The van der Waals surface area contributed by atoms with E-state index in [1.54, 1.807) is 12.1 Å². The van der Waals surface area contributed by atoms with Gasteiger partial charge in [0.15, 0.2) is 0 Å². The molecule has 0 radical (unpaired) electrons. The summed E-state index contributed by atoms with van der Waals surface area (Å²) in [5.74, 6) is 1.65. The van der Waals surface area contributed by atoms with Crippen molar-refractivity contribution >= 4 is 0 Å². The fourth-order valence-electron chi connectivity index (χ4n) is 3.07. The molecule has 2 aromatic rings. The molecule has 0 atom stereocenters. The Hall–Kier alpha value is -1.68. The number of hydrogen-bond donors (Lipinski definition) is 0. The maximum atomic E-state index is 13.7. The fourth-order valence-corrected chi connectivity index (χ4v) is 3.07. The molecule has 0 N–H and O–H groups in total. The van der Waals surface area contributed by atoms with Crippen molar-refractivity contribution < 1.29 is 4.39 Å². The number of imidazole rings is 1. The molecule has 0 aliphatic carbocycles. The monoisotopic (exact) mass is 287 g/mol. The summed E-state index contributed by atoms with van der Waals surface area (Å²) in [6.07, 6.45) is 6.97. The Morgan fingerprint density at radius 3 is 2.67 bits per heavy atom. The summed E-state index contributed by atoms with van der Waals surface area (Å²) in [6.45, 7) is 3.06. The molecule has 112 valence electrons. The third-order valence-electron chi connectivity index (χ3n) is 4.46. The van der Waals surface area contributed by atoms with Gasteiger partial charge < -0.3 is 4.57 Å². The second-order valence-corrected chi connectivity index (χ2v) is 5.97. The summed E-state index contributed by atoms with van der Waals surface area (Å²) in [6, 6.07) is 7.16. The van der Waals surface area contributed by atoms with Gasteiger partial charge in [-0.15, -0.1) is 0 Å². The Morgan fingerprint density at radius 2 is 2.00 bits per heavy atom. The predicted octanol–water partition coefficient (Wildman–Crippen LogP) is 3.01. The average molecular weight is 287 g/mol. The maximum Gasteiger partial charge on any atom is 0.126 e. The highest BCUT2D eigenvalue weighted by Gasteiger charge is 2.21. The van der Waals surface area contributed by atoms with Crippen LogP contribution in [0.3, 0.4) is 0 Å². The first-order valence-electron chi connectivity index (χ1n) is 7.64. The molecule has 0 spiro atoms. The Bertz CT molecular complexity index is 585. The van der Waals surface area contributed by atoms with Gasteiger partial charge in [-0.2, -0.15) is 0 Å². The first kappa shape index (κ1) is 14.3. The van der Waals surface area contributed by atoms with Crippen molar-refractivity contribution in [3.8, 4) is 0 Å². The normalized spacial score (nSPS) is 17.2. The number of aromatic nitrogens is 2. The van der Waals surface area contributed by atoms with Crippen LogP contribution in [0.25, 0.3) is 0 Å². The van der Waals surface area contributed by atoms with Crippen LogP contribution in [0.5, 0.6) is 0 Å². The van der Waals surface area contributed by atoms with E-state index in [1.807, 2.05) is 31.6 Å². The van der Waals surface area contributed by atoms with Crippen LogP contribution in [-0.2, 0) is 20.0 Å². The van der Waals surface area contributed by atoms with Gasteiger partial charge in [0.2, 0.25) is 0 Å². The van der Waals surface area contributed by atoms with Gasteiger partial charge in [-0.05, 0) is 49.9 Å². The van der Waals surface area contributed by atoms with Crippen LogP contribution in [0.15, 0.2) is 36.7 Å². The SMILES string of the molecule is Cn1ccnc1CN1CCC(Cc2ccccc2F)CC1. The molecule has 0 unspecified atom stereocenters. The molecule has 0 saturated carbocycles. The highest BCUT2D eigenvalue weighted by Crippen LogP contribution is 2.23. The lowest BCUT2D eigenvalue weighted by Crippen LogP contribution is -2.34. The Kier molecular flexibility index (Phi) is 4.34. The number of piperidine rings is 1. The second kappa shape index (κ2) is 6.39. The van der Waals surface area contributed by atoms with Crippen molar-refractivity contribution in [2.24, 2.45) is 13.0 Å². The molecule has 2 heterocycles. The summed E-state index contributed by atoms with van der Waals surface area (Å²) in [5.41, 5.74) is 0.861.